The van der Waals surface area contributed by atoms with Crippen molar-refractivity contribution in [1.29, 1.82) is 0 Å². The minimum Gasteiger partial charge on any atom is -0.387 e. The highest BCUT2D eigenvalue weighted by molar-refractivity contribution is 7.14. The zero-order valence-electron chi connectivity index (χ0n) is 11.9. The predicted octanol–water partition coefficient (Wildman–Crippen LogP) is 4.16. The summed E-state index contributed by atoms with van der Waals surface area (Å²) in [6.45, 7) is 2.50. The number of thiophene rings is 1. The van der Waals surface area contributed by atoms with Gasteiger partial charge in [0.15, 0.2) is 0 Å². The highest BCUT2D eigenvalue weighted by Crippen LogP contribution is 2.40. The van der Waals surface area contributed by atoms with E-state index < -0.39 is 0 Å². The van der Waals surface area contributed by atoms with E-state index in [0.29, 0.717) is 0 Å². The largest absolute Gasteiger partial charge is 0.387 e. The molecule has 1 aromatic heterocycles. The smallest absolute Gasteiger partial charge is 0.0452 e. The molecule has 0 fully saturated rings. The fourth-order valence-electron chi connectivity index (χ4n) is 3.56. The van der Waals surface area contributed by atoms with Gasteiger partial charge in [-0.15, -0.1) is 11.3 Å². The van der Waals surface area contributed by atoms with Crippen LogP contribution in [0.25, 0.3) is 10.4 Å². The lowest BCUT2D eigenvalue weighted by molar-refractivity contribution is 0.634. The molecule has 3 heteroatoms. The Labute approximate surface area is 124 Å². The number of rotatable bonds is 2. The van der Waals surface area contributed by atoms with Gasteiger partial charge in [0.05, 0.1) is 0 Å². The maximum Gasteiger partial charge on any atom is 0.0452 e. The molecule has 104 valence electrons. The number of nitrogens with one attached hydrogen (secondary N) is 1. The number of benzene rings is 1. The Kier molecular flexibility index (Phi) is 2.95. The third-order valence-electron chi connectivity index (χ3n) is 4.50. The average Bonchev–Trinajstić information content (AvgIpc) is 2.97. The molecule has 3 heterocycles. The highest BCUT2D eigenvalue weighted by atomic mass is 32.1. The molecule has 0 bridgehead atoms. The molecule has 20 heavy (non-hydrogen) atoms. The van der Waals surface area contributed by atoms with Gasteiger partial charge in [-0.3, -0.25) is 0 Å². The topological polar surface area (TPSA) is 15.3 Å². The summed E-state index contributed by atoms with van der Waals surface area (Å²) in [6, 6.07) is 7.13. The van der Waals surface area contributed by atoms with Crippen molar-refractivity contribution < 1.29 is 0 Å². The maximum absolute atomic E-state index is 3.23. The van der Waals surface area contributed by atoms with Crippen LogP contribution in [0.2, 0.25) is 0 Å². The Hall–Kier alpha value is -1.48. The van der Waals surface area contributed by atoms with Crippen LogP contribution in [0, 0.1) is 0 Å². The van der Waals surface area contributed by atoms with Gasteiger partial charge < -0.3 is 10.2 Å². The van der Waals surface area contributed by atoms with Crippen LogP contribution >= 0.6 is 11.3 Å². The summed E-state index contributed by atoms with van der Waals surface area (Å²) in [7, 11) is 1.99. The molecule has 0 spiro atoms. The van der Waals surface area contributed by atoms with Crippen LogP contribution in [0.1, 0.15) is 24.0 Å². The van der Waals surface area contributed by atoms with Gasteiger partial charge in [-0.05, 0) is 60.6 Å². The van der Waals surface area contributed by atoms with Crippen LogP contribution in [-0.2, 0) is 12.8 Å². The van der Waals surface area contributed by atoms with Crippen molar-refractivity contribution in [3.05, 3.63) is 34.7 Å². The summed E-state index contributed by atoms with van der Waals surface area (Å²) in [5, 5.41) is 5.43. The number of nitrogens with zero attached hydrogens (tertiary/aromatic N) is 1. The lowest BCUT2D eigenvalue weighted by Gasteiger charge is -2.37. The number of hydrogen-bond acceptors (Lipinski definition) is 3. The lowest BCUT2D eigenvalue weighted by Crippen LogP contribution is -2.34. The maximum atomic E-state index is 3.23. The zero-order valence-corrected chi connectivity index (χ0v) is 12.7. The van der Waals surface area contributed by atoms with Crippen molar-refractivity contribution in [3.8, 4) is 10.4 Å². The second-order valence-electron chi connectivity index (χ2n) is 5.79. The van der Waals surface area contributed by atoms with Gasteiger partial charge in [0.2, 0.25) is 0 Å². The Morgan fingerprint density at radius 1 is 1.05 bits per heavy atom. The molecule has 0 amide bonds. The Morgan fingerprint density at radius 2 is 1.75 bits per heavy atom. The van der Waals surface area contributed by atoms with Crippen LogP contribution in [0.5, 0.6) is 0 Å². The van der Waals surface area contributed by atoms with Crippen molar-refractivity contribution in [1.82, 2.24) is 0 Å². The van der Waals surface area contributed by atoms with Gasteiger partial charge in [0.25, 0.3) is 0 Å². The Balaban J connectivity index is 1.82. The second-order valence-corrected chi connectivity index (χ2v) is 6.70. The van der Waals surface area contributed by atoms with Gasteiger partial charge in [0.1, 0.15) is 0 Å². The van der Waals surface area contributed by atoms with Crippen LogP contribution in [0.3, 0.4) is 0 Å². The molecule has 2 nitrogen and oxygen atoms in total. The van der Waals surface area contributed by atoms with E-state index in [1.807, 2.05) is 18.4 Å². The molecular weight excluding hydrogens is 264 g/mol. The summed E-state index contributed by atoms with van der Waals surface area (Å²) >= 11 is 1.84. The standard InChI is InChI=1S/C17H20N2S/c1-18-15-10-16(20-11-15)14-8-12-4-2-6-19-7-3-5-13(9-14)17(12)19/h8-11,18H,2-7H2,1H3. The van der Waals surface area contributed by atoms with Crippen LogP contribution in [0.15, 0.2) is 23.6 Å². The van der Waals surface area contributed by atoms with Gasteiger partial charge >= 0.3 is 0 Å². The van der Waals surface area contributed by atoms with Crippen LogP contribution in [-0.4, -0.2) is 20.1 Å². The minimum atomic E-state index is 1.22. The van der Waals surface area contributed by atoms with Crippen LogP contribution in [0.4, 0.5) is 11.4 Å². The SMILES string of the molecule is CNc1csc(-c2cc3c4c(c2)CCCN4CCC3)c1. The highest BCUT2D eigenvalue weighted by Gasteiger charge is 2.24. The van der Waals surface area contributed by atoms with E-state index in [1.54, 1.807) is 16.8 Å². The molecule has 0 saturated carbocycles. The first-order chi connectivity index (χ1) is 9.85. The molecule has 0 saturated heterocycles. The molecule has 2 aliphatic rings. The average molecular weight is 284 g/mol. The molecular formula is C17H20N2S. The van der Waals surface area contributed by atoms with Gasteiger partial charge in [-0.25, -0.2) is 0 Å². The van der Waals surface area contributed by atoms with Gasteiger partial charge in [-0.1, -0.05) is 0 Å². The molecule has 1 aromatic carbocycles. The van der Waals surface area contributed by atoms with Gasteiger partial charge in [0, 0.05) is 41.8 Å². The fourth-order valence-corrected chi connectivity index (χ4v) is 4.45. The number of anilines is 2. The first-order valence-corrected chi connectivity index (χ1v) is 8.40. The van der Waals surface area contributed by atoms with Crippen molar-refractivity contribution in [2.45, 2.75) is 25.7 Å². The van der Waals surface area contributed by atoms with Crippen molar-refractivity contribution in [3.63, 3.8) is 0 Å². The molecule has 0 unspecified atom stereocenters. The predicted molar refractivity (Wildman–Crippen MR) is 88.2 cm³/mol. The molecule has 0 radical (unpaired) electrons. The van der Waals surface area contributed by atoms with E-state index in [2.05, 4.69) is 33.8 Å². The summed E-state index contributed by atoms with van der Waals surface area (Å²) in [4.78, 5) is 3.99. The van der Waals surface area contributed by atoms with Gasteiger partial charge in [-0.2, -0.15) is 0 Å². The molecule has 0 aliphatic carbocycles. The third kappa shape index (κ3) is 1.92. The van der Waals surface area contributed by atoms with E-state index >= 15 is 0 Å². The van der Waals surface area contributed by atoms with Crippen molar-refractivity contribution in [2.75, 3.05) is 30.4 Å². The number of hydrogen-bond donors (Lipinski definition) is 1. The second kappa shape index (κ2) is 4.81. The molecule has 2 aromatic rings. The monoisotopic (exact) mass is 284 g/mol. The van der Waals surface area contributed by atoms with E-state index in [9.17, 15) is 0 Å². The van der Waals surface area contributed by atoms with E-state index in [-0.39, 0.29) is 0 Å². The molecule has 2 aliphatic heterocycles. The minimum absolute atomic E-state index is 1.22. The molecule has 4 rings (SSSR count). The van der Waals surface area contributed by atoms with E-state index in [0.717, 1.165) is 0 Å². The van der Waals surface area contributed by atoms with Crippen molar-refractivity contribution >= 4 is 22.7 Å². The summed E-state index contributed by atoms with van der Waals surface area (Å²) in [6.07, 6.45) is 5.11. The zero-order chi connectivity index (χ0) is 13.5. The molecule has 1 N–H and O–H groups in total. The lowest BCUT2D eigenvalue weighted by atomic mass is 9.90. The summed E-state index contributed by atoms with van der Waals surface area (Å²) < 4.78 is 0. The fraction of sp³-hybridized carbons (Fsp3) is 0.412. The quantitative estimate of drug-likeness (QED) is 0.891. The summed E-state index contributed by atoms with van der Waals surface area (Å²) in [5.41, 5.74) is 7.34. The molecule has 0 atom stereocenters. The van der Waals surface area contributed by atoms with Crippen molar-refractivity contribution in [2.24, 2.45) is 0 Å². The third-order valence-corrected chi connectivity index (χ3v) is 5.48. The van der Waals surface area contributed by atoms with Crippen LogP contribution < -0.4 is 10.2 Å². The first kappa shape index (κ1) is 12.3. The van der Waals surface area contributed by atoms with E-state index in [4.69, 9.17) is 0 Å². The Bertz CT molecular complexity index is 613. The normalized spacial score (nSPS) is 16.9. The first-order valence-electron chi connectivity index (χ1n) is 7.52. The Morgan fingerprint density at radius 3 is 2.35 bits per heavy atom. The number of aryl methyl sites for hydroxylation is 2. The summed E-state index contributed by atoms with van der Waals surface area (Å²) in [5.74, 6) is 0. The van der Waals surface area contributed by atoms with E-state index in [1.165, 1.54) is 54.9 Å².